The minimum Gasteiger partial charge on any atom is -0.290 e. The van der Waals surface area contributed by atoms with E-state index in [2.05, 4.69) is 4.98 Å². The summed E-state index contributed by atoms with van der Waals surface area (Å²) < 4.78 is 1.69. The van der Waals surface area contributed by atoms with Gasteiger partial charge in [-0.05, 0) is 43.4 Å². The van der Waals surface area contributed by atoms with E-state index < -0.39 is 0 Å². The van der Waals surface area contributed by atoms with E-state index in [9.17, 15) is 4.79 Å². The maximum absolute atomic E-state index is 12.8. The Kier molecular flexibility index (Phi) is 3.95. The molecular formula is C17H17N3OS2. The van der Waals surface area contributed by atoms with Crippen LogP contribution in [0.4, 0.5) is 0 Å². The van der Waals surface area contributed by atoms with Crippen LogP contribution in [-0.2, 0) is 25.6 Å². The van der Waals surface area contributed by atoms with Crippen molar-refractivity contribution in [3.05, 3.63) is 50.9 Å². The van der Waals surface area contributed by atoms with Gasteiger partial charge in [0.1, 0.15) is 4.83 Å². The number of aryl methyl sites for hydroxylation is 2. The van der Waals surface area contributed by atoms with Gasteiger partial charge in [0, 0.05) is 23.9 Å². The van der Waals surface area contributed by atoms with Crippen molar-refractivity contribution < 1.29 is 0 Å². The molecule has 4 nitrogen and oxygen atoms in total. The summed E-state index contributed by atoms with van der Waals surface area (Å²) in [4.78, 5) is 24.2. The van der Waals surface area contributed by atoms with Crippen LogP contribution < -0.4 is 5.56 Å². The highest BCUT2D eigenvalue weighted by molar-refractivity contribution is 7.98. The molecule has 6 heteroatoms. The topological polar surface area (TPSA) is 47.8 Å². The second-order valence-corrected chi connectivity index (χ2v) is 7.79. The van der Waals surface area contributed by atoms with Crippen LogP contribution in [-0.4, -0.2) is 14.5 Å². The molecule has 0 spiro atoms. The summed E-state index contributed by atoms with van der Waals surface area (Å²) >= 11 is 3.28. The number of nitrogens with zero attached hydrogens (tertiary/aromatic N) is 3. The highest BCUT2D eigenvalue weighted by Gasteiger charge is 2.21. The third-order valence-corrected chi connectivity index (χ3v) is 6.48. The van der Waals surface area contributed by atoms with Gasteiger partial charge >= 0.3 is 0 Å². The second-order valence-electron chi connectivity index (χ2n) is 5.76. The lowest BCUT2D eigenvalue weighted by molar-refractivity contribution is 0.695. The Bertz CT molecular complexity index is 915. The van der Waals surface area contributed by atoms with Crippen molar-refractivity contribution in [1.82, 2.24) is 14.5 Å². The van der Waals surface area contributed by atoms with Crippen LogP contribution in [0.1, 0.15) is 29.0 Å². The lowest BCUT2D eigenvalue weighted by Gasteiger charge is -2.10. The van der Waals surface area contributed by atoms with Gasteiger partial charge in [-0.15, -0.1) is 11.3 Å². The molecule has 1 aliphatic rings. The Morgan fingerprint density at radius 2 is 2.17 bits per heavy atom. The van der Waals surface area contributed by atoms with Crippen LogP contribution in [0.3, 0.4) is 0 Å². The van der Waals surface area contributed by atoms with Gasteiger partial charge in [0.2, 0.25) is 0 Å². The van der Waals surface area contributed by atoms with Gasteiger partial charge in [-0.25, -0.2) is 4.98 Å². The molecule has 0 N–H and O–H groups in total. The maximum Gasteiger partial charge on any atom is 0.262 e. The summed E-state index contributed by atoms with van der Waals surface area (Å²) in [6, 6.07) is 5.88. The molecule has 0 bridgehead atoms. The number of thioether (sulfide) groups is 1. The molecule has 0 amide bonds. The number of fused-ring (bicyclic) bond motifs is 3. The Hall–Kier alpha value is -1.66. The van der Waals surface area contributed by atoms with Gasteiger partial charge in [0.05, 0.1) is 11.1 Å². The minimum absolute atomic E-state index is 0.0953. The first-order valence-corrected chi connectivity index (χ1v) is 9.58. The molecule has 0 aromatic carbocycles. The molecule has 0 saturated heterocycles. The van der Waals surface area contributed by atoms with Crippen molar-refractivity contribution in [2.75, 3.05) is 0 Å². The third-order valence-electron chi connectivity index (χ3n) is 4.23. The first-order valence-electron chi connectivity index (χ1n) is 7.78. The predicted octanol–water partition coefficient (Wildman–Crippen LogP) is 3.56. The van der Waals surface area contributed by atoms with Crippen molar-refractivity contribution in [1.29, 1.82) is 0 Å². The summed E-state index contributed by atoms with van der Waals surface area (Å²) in [5.74, 6) is 0.720. The molecule has 0 unspecified atom stereocenters. The summed E-state index contributed by atoms with van der Waals surface area (Å²) in [7, 11) is 1.82. The lowest BCUT2D eigenvalue weighted by Crippen LogP contribution is -2.20. The quantitative estimate of drug-likeness (QED) is 0.539. The summed E-state index contributed by atoms with van der Waals surface area (Å²) in [5, 5.41) is 1.63. The van der Waals surface area contributed by atoms with Crippen molar-refractivity contribution in [2.24, 2.45) is 7.05 Å². The SMILES string of the molecule is Cn1c(SCc2ccccn2)nc2sc3c(c2c1=O)CCCC3. The molecule has 23 heavy (non-hydrogen) atoms. The van der Waals surface area contributed by atoms with E-state index in [4.69, 9.17) is 4.98 Å². The Balaban J connectivity index is 1.73. The number of pyridine rings is 1. The molecule has 0 fully saturated rings. The molecule has 0 radical (unpaired) electrons. The van der Waals surface area contributed by atoms with Crippen LogP contribution in [0.5, 0.6) is 0 Å². The van der Waals surface area contributed by atoms with E-state index in [1.165, 1.54) is 23.3 Å². The zero-order valence-corrected chi connectivity index (χ0v) is 14.5. The van der Waals surface area contributed by atoms with Gasteiger partial charge in [-0.3, -0.25) is 14.3 Å². The van der Waals surface area contributed by atoms with Crippen LogP contribution in [0.2, 0.25) is 0 Å². The molecule has 1 aliphatic carbocycles. The molecule has 0 saturated carbocycles. The largest absolute Gasteiger partial charge is 0.290 e. The van der Waals surface area contributed by atoms with Gasteiger partial charge in [-0.1, -0.05) is 17.8 Å². The average molecular weight is 343 g/mol. The normalized spacial score (nSPS) is 14.1. The van der Waals surface area contributed by atoms with E-state index in [1.807, 2.05) is 25.2 Å². The van der Waals surface area contributed by atoms with Gasteiger partial charge in [-0.2, -0.15) is 0 Å². The fourth-order valence-electron chi connectivity index (χ4n) is 3.02. The zero-order chi connectivity index (χ0) is 15.8. The second kappa shape index (κ2) is 6.09. The standard InChI is InChI=1S/C17H17N3OS2/c1-20-16(21)14-12-7-2-3-8-13(12)23-15(14)19-17(20)22-10-11-6-4-5-9-18-11/h4-6,9H,2-3,7-8,10H2,1H3. The van der Waals surface area contributed by atoms with Gasteiger partial charge in [0.25, 0.3) is 5.56 Å². The van der Waals surface area contributed by atoms with Crippen LogP contribution in [0.25, 0.3) is 10.2 Å². The van der Waals surface area contributed by atoms with Crippen LogP contribution in [0, 0.1) is 0 Å². The lowest BCUT2D eigenvalue weighted by atomic mass is 9.97. The van der Waals surface area contributed by atoms with Gasteiger partial charge in [0.15, 0.2) is 5.16 Å². The van der Waals surface area contributed by atoms with Crippen molar-refractivity contribution in [2.45, 2.75) is 36.6 Å². The van der Waals surface area contributed by atoms with E-state index in [0.29, 0.717) is 0 Å². The van der Waals surface area contributed by atoms with Crippen molar-refractivity contribution in [3.63, 3.8) is 0 Å². The summed E-state index contributed by atoms with van der Waals surface area (Å²) in [6.07, 6.45) is 6.31. The number of rotatable bonds is 3. The van der Waals surface area contributed by atoms with Crippen LogP contribution in [0.15, 0.2) is 34.3 Å². The Labute approximate surface area is 142 Å². The van der Waals surface area contributed by atoms with E-state index >= 15 is 0 Å². The highest BCUT2D eigenvalue weighted by Crippen LogP contribution is 2.34. The smallest absolute Gasteiger partial charge is 0.262 e. The number of hydrogen-bond acceptors (Lipinski definition) is 5. The first-order chi connectivity index (χ1) is 11.2. The number of hydrogen-bond donors (Lipinski definition) is 0. The third kappa shape index (κ3) is 2.70. The van der Waals surface area contributed by atoms with E-state index in [0.717, 1.165) is 39.7 Å². The molecule has 0 aliphatic heterocycles. The zero-order valence-electron chi connectivity index (χ0n) is 12.9. The fourth-order valence-corrected chi connectivity index (χ4v) is 5.21. The molecule has 118 valence electrons. The number of thiophene rings is 1. The monoisotopic (exact) mass is 343 g/mol. The van der Waals surface area contributed by atoms with Crippen molar-refractivity contribution in [3.8, 4) is 0 Å². The Morgan fingerprint density at radius 1 is 1.30 bits per heavy atom. The molecule has 3 heterocycles. The fraction of sp³-hybridized carbons (Fsp3) is 0.353. The van der Waals surface area contributed by atoms with E-state index in [-0.39, 0.29) is 5.56 Å². The Morgan fingerprint density at radius 3 is 3.00 bits per heavy atom. The average Bonchev–Trinajstić information content (AvgIpc) is 2.96. The van der Waals surface area contributed by atoms with Gasteiger partial charge < -0.3 is 0 Å². The van der Waals surface area contributed by atoms with E-state index in [1.54, 1.807) is 33.9 Å². The molecule has 3 aromatic rings. The minimum atomic E-state index is 0.0953. The molecule has 4 rings (SSSR count). The first kappa shape index (κ1) is 14.9. The van der Waals surface area contributed by atoms with Crippen molar-refractivity contribution >= 4 is 33.3 Å². The summed E-state index contributed by atoms with van der Waals surface area (Å²) in [6.45, 7) is 0. The maximum atomic E-state index is 12.8. The van der Waals surface area contributed by atoms with Crippen LogP contribution >= 0.6 is 23.1 Å². The number of aromatic nitrogens is 3. The molecule has 0 atom stereocenters. The molecule has 3 aromatic heterocycles. The summed E-state index contributed by atoms with van der Waals surface area (Å²) in [5.41, 5.74) is 2.35. The predicted molar refractivity (Wildman–Crippen MR) is 95.3 cm³/mol. The highest BCUT2D eigenvalue weighted by atomic mass is 32.2. The molecular weight excluding hydrogens is 326 g/mol.